The van der Waals surface area contributed by atoms with E-state index in [1.165, 1.54) is 0 Å². The van der Waals surface area contributed by atoms with Crippen molar-refractivity contribution in [3.63, 3.8) is 0 Å². The van der Waals surface area contributed by atoms with E-state index in [0.29, 0.717) is 37.8 Å². The first-order valence-corrected chi connectivity index (χ1v) is 10.9. The number of hydrogen-bond donors (Lipinski definition) is 0. The zero-order chi connectivity index (χ0) is 22.8. The Kier molecular flexibility index (Phi) is 5.60. The van der Waals surface area contributed by atoms with Gasteiger partial charge in [0.2, 0.25) is 11.7 Å². The number of amides is 1. The van der Waals surface area contributed by atoms with Gasteiger partial charge in [-0.05, 0) is 56.3 Å². The van der Waals surface area contributed by atoms with Crippen molar-refractivity contribution in [2.75, 3.05) is 13.1 Å². The minimum atomic E-state index is -0.00282. The summed E-state index contributed by atoms with van der Waals surface area (Å²) in [5, 5.41) is 8.46. The molecule has 4 aromatic rings. The van der Waals surface area contributed by atoms with Crippen LogP contribution in [0.1, 0.15) is 17.8 Å². The molecule has 0 radical (unpaired) electrons. The zero-order valence-corrected chi connectivity index (χ0v) is 18.5. The van der Waals surface area contributed by atoms with Gasteiger partial charge in [-0.1, -0.05) is 5.16 Å². The Morgan fingerprint density at radius 2 is 1.85 bits per heavy atom. The highest BCUT2D eigenvalue weighted by Crippen LogP contribution is 2.25. The number of benzene rings is 1. The molecule has 9 heteroatoms. The molecule has 0 aliphatic carbocycles. The first-order valence-electron chi connectivity index (χ1n) is 10.9. The van der Waals surface area contributed by atoms with E-state index in [9.17, 15) is 4.79 Å². The summed E-state index contributed by atoms with van der Waals surface area (Å²) >= 11 is 0. The molecule has 168 valence electrons. The van der Waals surface area contributed by atoms with Crippen LogP contribution in [0.5, 0.6) is 5.75 Å². The predicted molar refractivity (Wildman–Crippen MR) is 120 cm³/mol. The number of rotatable bonds is 7. The molecule has 3 aromatic heterocycles. The van der Waals surface area contributed by atoms with Gasteiger partial charge in [0.1, 0.15) is 11.9 Å². The number of hydrogen-bond acceptors (Lipinski definition) is 7. The van der Waals surface area contributed by atoms with Gasteiger partial charge in [-0.25, -0.2) is 0 Å². The van der Waals surface area contributed by atoms with Crippen molar-refractivity contribution in [1.29, 1.82) is 0 Å². The van der Waals surface area contributed by atoms with Crippen molar-refractivity contribution in [3.05, 3.63) is 66.2 Å². The van der Waals surface area contributed by atoms with Gasteiger partial charge in [0.05, 0.1) is 18.8 Å². The number of ether oxygens (including phenoxy) is 1. The van der Waals surface area contributed by atoms with E-state index in [-0.39, 0.29) is 12.0 Å². The van der Waals surface area contributed by atoms with Gasteiger partial charge < -0.3 is 14.2 Å². The highest BCUT2D eigenvalue weighted by atomic mass is 16.5. The normalized spacial score (nSPS) is 13.7. The van der Waals surface area contributed by atoms with E-state index in [0.717, 1.165) is 28.3 Å². The monoisotopic (exact) mass is 444 g/mol. The Hall–Kier alpha value is -4.01. The fourth-order valence-electron chi connectivity index (χ4n) is 3.80. The molecule has 0 saturated carbocycles. The summed E-state index contributed by atoms with van der Waals surface area (Å²) < 4.78 is 13.2. The van der Waals surface area contributed by atoms with Gasteiger partial charge in [-0.2, -0.15) is 10.1 Å². The molecular formula is C24H24N6O3. The van der Waals surface area contributed by atoms with E-state index >= 15 is 0 Å². The maximum absolute atomic E-state index is 12.4. The third-order valence-electron chi connectivity index (χ3n) is 5.61. The van der Waals surface area contributed by atoms with Crippen LogP contribution in [0.15, 0.2) is 59.4 Å². The van der Waals surface area contributed by atoms with Crippen LogP contribution >= 0.6 is 0 Å². The summed E-state index contributed by atoms with van der Waals surface area (Å²) in [4.78, 5) is 22.7. The Labute approximate surface area is 191 Å². The van der Waals surface area contributed by atoms with Crippen LogP contribution in [-0.2, 0) is 11.3 Å². The van der Waals surface area contributed by atoms with Gasteiger partial charge in [0.15, 0.2) is 0 Å². The van der Waals surface area contributed by atoms with E-state index in [1.807, 2.05) is 65.9 Å². The maximum Gasteiger partial charge on any atom is 0.258 e. The van der Waals surface area contributed by atoms with E-state index in [1.54, 1.807) is 12.4 Å². The summed E-state index contributed by atoms with van der Waals surface area (Å²) in [6.45, 7) is 5.75. The molecular weight excluding hydrogens is 420 g/mol. The van der Waals surface area contributed by atoms with Crippen LogP contribution in [0.25, 0.3) is 22.8 Å². The lowest BCUT2D eigenvalue weighted by Gasteiger charge is -2.39. The molecule has 1 amide bonds. The molecule has 1 aliphatic rings. The smallest absolute Gasteiger partial charge is 0.258 e. The second kappa shape index (κ2) is 8.85. The first kappa shape index (κ1) is 20.9. The average molecular weight is 444 g/mol. The minimum Gasteiger partial charge on any atom is -0.487 e. The number of pyridine rings is 1. The fourth-order valence-corrected chi connectivity index (χ4v) is 3.80. The second-order valence-electron chi connectivity index (χ2n) is 8.12. The molecule has 1 aromatic carbocycles. The lowest BCUT2D eigenvalue weighted by Crippen LogP contribution is -2.56. The summed E-state index contributed by atoms with van der Waals surface area (Å²) in [6, 6.07) is 13.2. The number of likely N-dealkylation sites (tertiary alicyclic amines) is 1. The lowest BCUT2D eigenvalue weighted by molar-refractivity contribution is -0.140. The molecule has 4 heterocycles. The minimum absolute atomic E-state index is 0.00282. The largest absolute Gasteiger partial charge is 0.487 e. The third kappa shape index (κ3) is 4.62. The molecule has 0 spiro atoms. The van der Waals surface area contributed by atoms with E-state index in [4.69, 9.17) is 9.26 Å². The molecule has 1 fully saturated rings. The first-order chi connectivity index (χ1) is 16.0. The molecule has 9 nitrogen and oxygen atoms in total. The zero-order valence-electron chi connectivity index (χ0n) is 18.5. The van der Waals surface area contributed by atoms with Crippen LogP contribution in [-0.4, -0.2) is 54.9 Å². The van der Waals surface area contributed by atoms with Crippen molar-refractivity contribution in [1.82, 2.24) is 29.8 Å². The van der Waals surface area contributed by atoms with Gasteiger partial charge in [0.25, 0.3) is 5.89 Å². The summed E-state index contributed by atoms with van der Waals surface area (Å²) in [7, 11) is 0. The summed E-state index contributed by atoms with van der Waals surface area (Å²) in [6.07, 6.45) is 3.80. The molecule has 0 N–H and O–H groups in total. The van der Waals surface area contributed by atoms with Crippen LogP contribution < -0.4 is 4.74 Å². The van der Waals surface area contributed by atoms with Gasteiger partial charge in [-0.15, -0.1) is 0 Å². The average Bonchev–Trinajstić information content (AvgIpc) is 3.41. The van der Waals surface area contributed by atoms with E-state index < -0.39 is 0 Å². The SMILES string of the molecule is Cc1cc(C)n(CCC(=O)N2CC(Oc3ccc(-c4noc(-c5ccncc5)n4)cc3)C2)n1. The summed E-state index contributed by atoms with van der Waals surface area (Å²) in [5.41, 5.74) is 3.70. The number of aryl methyl sites for hydroxylation is 3. The van der Waals surface area contributed by atoms with Crippen LogP contribution in [0.4, 0.5) is 0 Å². The maximum atomic E-state index is 12.4. The van der Waals surface area contributed by atoms with Gasteiger partial charge in [-0.3, -0.25) is 14.5 Å². The van der Waals surface area contributed by atoms with Crippen molar-refractivity contribution < 1.29 is 14.1 Å². The van der Waals surface area contributed by atoms with Gasteiger partial charge in [0, 0.05) is 42.2 Å². The molecule has 1 aliphatic heterocycles. The summed E-state index contributed by atoms with van der Waals surface area (Å²) in [5.74, 6) is 1.83. The molecule has 1 saturated heterocycles. The topological polar surface area (TPSA) is 99.2 Å². The van der Waals surface area contributed by atoms with Gasteiger partial charge >= 0.3 is 0 Å². The van der Waals surface area contributed by atoms with Crippen molar-refractivity contribution in [3.8, 4) is 28.6 Å². The van der Waals surface area contributed by atoms with E-state index in [2.05, 4.69) is 20.2 Å². The fraction of sp³-hybridized carbons (Fsp3) is 0.292. The van der Waals surface area contributed by atoms with Crippen LogP contribution in [0.3, 0.4) is 0 Å². The van der Waals surface area contributed by atoms with Crippen LogP contribution in [0.2, 0.25) is 0 Å². The molecule has 33 heavy (non-hydrogen) atoms. The number of aromatic nitrogens is 5. The van der Waals surface area contributed by atoms with Crippen LogP contribution in [0, 0.1) is 13.8 Å². The third-order valence-corrected chi connectivity index (χ3v) is 5.61. The quantitative estimate of drug-likeness (QED) is 0.431. The van der Waals surface area contributed by atoms with Crippen molar-refractivity contribution in [2.45, 2.75) is 32.9 Å². The molecule has 0 bridgehead atoms. The Balaban J connectivity index is 1.11. The Morgan fingerprint density at radius 3 is 2.55 bits per heavy atom. The van der Waals surface area contributed by atoms with Crippen molar-refractivity contribution in [2.24, 2.45) is 0 Å². The number of carbonyl (C=O) groups excluding carboxylic acids is 1. The number of carbonyl (C=O) groups is 1. The van der Waals surface area contributed by atoms with Crippen molar-refractivity contribution >= 4 is 5.91 Å². The second-order valence-corrected chi connectivity index (χ2v) is 8.12. The molecule has 0 unspecified atom stereocenters. The standard InChI is InChI=1S/C24H24N6O3/c1-16-13-17(2)30(27-16)12-9-22(31)29-14-21(15-29)32-20-5-3-18(4-6-20)23-26-24(33-28-23)19-7-10-25-11-8-19/h3-8,10-11,13,21H,9,12,14-15H2,1-2H3. The molecule has 5 rings (SSSR count). The highest BCUT2D eigenvalue weighted by molar-refractivity contribution is 5.77. The Morgan fingerprint density at radius 1 is 1.09 bits per heavy atom. The predicted octanol–water partition coefficient (Wildman–Crippen LogP) is 3.29. The number of nitrogens with zero attached hydrogens (tertiary/aromatic N) is 6. The highest BCUT2D eigenvalue weighted by Gasteiger charge is 2.32. The lowest BCUT2D eigenvalue weighted by atomic mass is 10.1. The molecule has 0 atom stereocenters. The Bertz CT molecular complexity index is 1240.